The predicted octanol–water partition coefficient (Wildman–Crippen LogP) is 4.18. The van der Waals surface area contributed by atoms with Gasteiger partial charge in [0.05, 0.1) is 5.69 Å². The van der Waals surface area contributed by atoms with Gasteiger partial charge in [-0.1, -0.05) is 23.8 Å². The quantitative estimate of drug-likeness (QED) is 0.691. The third-order valence-electron chi connectivity index (χ3n) is 5.10. The van der Waals surface area contributed by atoms with E-state index < -0.39 is 6.10 Å². The van der Waals surface area contributed by atoms with E-state index in [9.17, 15) is 9.59 Å². The minimum absolute atomic E-state index is 0.202. The van der Waals surface area contributed by atoms with Gasteiger partial charge in [-0.25, -0.2) is 0 Å². The number of nitrogens with zero attached hydrogens (tertiary/aromatic N) is 2. The Labute approximate surface area is 176 Å². The number of aryl methyl sites for hydroxylation is 5. The lowest BCUT2D eigenvalue weighted by molar-refractivity contribution is -0.122. The minimum Gasteiger partial charge on any atom is -0.463 e. The van der Waals surface area contributed by atoms with Crippen molar-refractivity contribution in [1.82, 2.24) is 9.78 Å². The summed E-state index contributed by atoms with van der Waals surface area (Å²) in [5.74, 6) is -0.0800. The molecule has 0 saturated heterocycles. The highest BCUT2D eigenvalue weighted by Crippen LogP contribution is 2.22. The van der Waals surface area contributed by atoms with Crippen LogP contribution in [-0.2, 0) is 4.79 Å². The fraction of sp³-hybridized carbons (Fsp3) is 0.292. The van der Waals surface area contributed by atoms with Crippen molar-refractivity contribution in [2.24, 2.45) is 0 Å². The van der Waals surface area contributed by atoms with Crippen molar-refractivity contribution in [2.45, 2.75) is 47.6 Å². The minimum atomic E-state index is -0.789. The molecular weight excluding hydrogens is 378 g/mol. The topological polar surface area (TPSA) is 73.2 Å². The van der Waals surface area contributed by atoms with Crippen molar-refractivity contribution >= 4 is 11.6 Å². The molecule has 30 heavy (non-hydrogen) atoms. The number of ether oxygens (including phenoxy) is 1. The van der Waals surface area contributed by atoms with Gasteiger partial charge in [0.25, 0.3) is 11.5 Å². The molecule has 0 aliphatic carbocycles. The van der Waals surface area contributed by atoms with Gasteiger partial charge in [-0.2, -0.15) is 4.68 Å². The molecule has 0 radical (unpaired) electrons. The van der Waals surface area contributed by atoms with Crippen LogP contribution in [0.2, 0.25) is 0 Å². The van der Waals surface area contributed by atoms with Gasteiger partial charge in [0, 0.05) is 17.8 Å². The van der Waals surface area contributed by atoms with Gasteiger partial charge < -0.3 is 10.1 Å². The van der Waals surface area contributed by atoms with Gasteiger partial charge in [-0.15, -0.1) is 5.10 Å². The summed E-state index contributed by atoms with van der Waals surface area (Å²) in [7, 11) is 0. The molecule has 0 aliphatic heterocycles. The fourth-order valence-corrected chi connectivity index (χ4v) is 3.34. The molecule has 0 unspecified atom stereocenters. The average molecular weight is 405 g/mol. The number of benzene rings is 2. The lowest BCUT2D eigenvalue weighted by atomic mass is 10.0. The Morgan fingerprint density at radius 1 is 0.933 bits per heavy atom. The highest BCUT2D eigenvalue weighted by molar-refractivity contribution is 5.95. The van der Waals surface area contributed by atoms with Crippen LogP contribution in [0.15, 0.2) is 47.3 Å². The van der Waals surface area contributed by atoms with Crippen LogP contribution in [0.5, 0.6) is 5.88 Å². The second kappa shape index (κ2) is 8.53. The summed E-state index contributed by atoms with van der Waals surface area (Å²) in [6, 6.07) is 12.6. The predicted molar refractivity (Wildman–Crippen MR) is 119 cm³/mol. The number of amides is 1. The summed E-state index contributed by atoms with van der Waals surface area (Å²) in [5, 5.41) is 7.23. The molecule has 0 spiro atoms. The number of rotatable bonds is 5. The normalized spacial score (nSPS) is 11.8. The standard InChI is InChI=1S/C24H27N3O3/c1-14-11-17(4)23(18(5)12-14)25-24(29)19(6)30-21-9-10-22(28)27(26-21)20-8-7-15(2)16(3)13-20/h7-13,19H,1-6H3,(H,25,29)/t19-/m0/s1. The number of anilines is 1. The maximum Gasteiger partial charge on any atom is 0.271 e. The summed E-state index contributed by atoms with van der Waals surface area (Å²) >= 11 is 0. The van der Waals surface area contributed by atoms with Gasteiger partial charge in [0.2, 0.25) is 5.88 Å². The van der Waals surface area contributed by atoms with Crippen molar-refractivity contribution in [3.8, 4) is 11.6 Å². The summed E-state index contributed by atoms with van der Waals surface area (Å²) < 4.78 is 7.02. The van der Waals surface area contributed by atoms with Crippen LogP contribution < -0.4 is 15.6 Å². The third-order valence-corrected chi connectivity index (χ3v) is 5.10. The SMILES string of the molecule is Cc1cc(C)c(NC(=O)[C@H](C)Oc2ccc(=O)n(-c3ccc(C)c(C)c3)n2)c(C)c1. The van der Waals surface area contributed by atoms with E-state index in [0.717, 1.165) is 33.5 Å². The van der Waals surface area contributed by atoms with Crippen molar-refractivity contribution in [1.29, 1.82) is 0 Å². The molecule has 156 valence electrons. The van der Waals surface area contributed by atoms with Crippen molar-refractivity contribution in [3.05, 3.63) is 80.6 Å². The summed E-state index contributed by atoms with van der Waals surface area (Å²) in [6.07, 6.45) is -0.789. The van der Waals surface area contributed by atoms with Crippen molar-refractivity contribution in [2.75, 3.05) is 5.32 Å². The maximum absolute atomic E-state index is 12.7. The molecule has 1 amide bonds. The zero-order chi connectivity index (χ0) is 22.0. The molecule has 1 aromatic heterocycles. The highest BCUT2D eigenvalue weighted by atomic mass is 16.5. The fourth-order valence-electron chi connectivity index (χ4n) is 3.34. The molecule has 1 atom stereocenters. The van der Waals surface area contributed by atoms with Crippen LogP contribution in [0, 0.1) is 34.6 Å². The Hall–Kier alpha value is -3.41. The molecule has 3 rings (SSSR count). The van der Waals surface area contributed by atoms with Crippen LogP contribution in [-0.4, -0.2) is 21.8 Å². The molecule has 0 bridgehead atoms. The molecule has 6 heteroatoms. The van der Waals surface area contributed by atoms with E-state index in [0.29, 0.717) is 5.69 Å². The van der Waals surface area contributed by atoms with E-state index in [1.165, 1.54) is 16.8 Å². The van der Waals surface area contributed by atoms with E-state index in [2.05, 4.69) is 10.4 Å². The first-order valence-corrected chi connectivity index (χ1v) is 9.89. The number of hydrogen-bond donors (Lipinski definition) is 1. The second-order valence-electron chi connectivity index (χ2n) is 7.71. The number of carbonyl (C=O) groups excluding carboxylic acids is 1. The van der Waals surface area contributed by atoms with E-state index >= 15 is 0 Å². The second-order valence-corrected chi connectivity index (χ2v) is 7.71. The van der Waals surface area contributed by atoms with Gasteiger partial charge in [-0.3, -0.25) is 9.59 Å². The van der Waals surface area contributed by atoms with E-state index in [1.807, 2.05) is 65.0 Å². The van der Waals surface area contributed by atoms with Crippen LogP contribution in [0.25, 0.3) is 5.69 Å². The van der Waals surface area contributed by atoms with Gasteiger partial charge >= 0.3 is 0 Å². The maximum atomic E-state index is 12.7. The Kier molecular flexibility index (Phi) is 6.06. The molecule has 1 heterocycles. The summed E-state index contributed by atoms with van der Waals surface area (Å²) in [5.41, 5.74) is 6.49. The summed E-state index contributed by atoms with van der Waals surface area (Å²) in [6.45, 7) is 11.6. The first-order chi connectivity index (χ1) is 14.2. The Bertz CT molecular complexity index is 1140. The van der Waals surface area contributed by atoms with Gasteiger partial charge in [0.15, 0.2) is 6.10 Å². The van der Waals surface area contributed by atoms with Gasteiger partial charge in [0.1, 0.15) is 0 Å². The molecule has 2 aromatic carbocycles. The molecule has 0 saturated carbocycles. The number of hydrogen-bond acceptors (Lipinski definition) is 4. The van der Waals surface area contributed by atoms with E-state index in [1.54, 1.807) is 6.92 Å². The molecule has 1 N–H and O–H groups in total. The van der Waals surface area contributed by atoms with Crippen molar-refractivity contribution < 1.29 is 9.53 Å². The van der Waals surface area contributed by atoms with Crippen LogP contribution in [0.1, 0.15) is 34.7 Å². The van der Waals surface area contributed by atoms with Crippen LogP contribution >= 0.6 is 0 Å². The van der Waals surface area contributed by atoms with Crippen LogP contribution in [0.3, 0.4) is 0 Å². The first-order valence-electron chi connectivity index (χ1n) is 9.89. The zero-order valence-electron chi connectivity index (χ0n) is 18.2. The Morgan fingerprint density at radius 2 is 1.60 bits per heavy atom. The van der Waals surface area contributed by atoms with Crippen molar-refractivity contribution in [3.63, 3.8) is 0 Å². The lowest BCUT2D eigenvalue weighted by Crippen LogP contribution is -2.32. The monoisotopic (exact) mass is 405 g/mol. The average Bonchev–Trinajstić information content (AvgIpc) is 2.68. The molecule has 0 fully saturated rings. The number of aromatic nitrogens is 2. The Balaban J connectivity index is 1.80. The van der Waals surface area contributed by atoms with E-state index in [-0.39, 0.29) is 17.3 Å². The number of nitrogens with one attached hydrogen (secondary N) is 1. The molecule has 6 nitrogen and oxygen atoms in total. The largest absolute Gasteiger partial charge is 0.463 e. The highest BCUT2D eigenvalue weighted by Gasteiger charge is 2.18. The first kappa shape index (κ1) is 21.3. The molecular formula is C24H27N3O3. The Morgan fingerprint density at radius 3 is 2.23 bits per heavy atom. The van der Waals surface area contributed by atoms with Crippen LogP contribution in [0.4, 0.5) is 5.69 Å². The summed E-state index contributed by atoms with van der Waals surface area (Å²) in [4.78, 5) is 25.0. The van der Waals surface area contributed by atoms with Gasteiger partial charge in [-0.05, 0) is 75.9 Å². The zero-order valence-corrected chi connectivity index (χ0v) is 18.2. The van der Waals surface area contributed by atoms with E-state index in [4.69, 9.17) is 4.74 Å². The number of carbonyl (C=O) groups is 1. The molecule has 0 aliphatic rings. The molecule has 3 aromatic rings. The smallest absolute Gasteiger partial charge is 0.271 e. The third kappa shape index (κ3) is 4.59. The lowest BCUT2D eigenvalue weighted by Gasteiger charge is -2.17.